The van der Waals surface area contributed by atoms with Crippen molar-refractivity contribution in [3.8, 4) is 11.5 Å². The van der Waals surface area contributed by atoms with Crippen molar-refractivity contribution in [3.63, 3.8) is 0 Å². The highest BCUT2D eigenvalue weighted by Gasteiger charge is 2.45. The Morgan fingerprint density at radius 2 is 2.07 bits per heavy atom. The number of nitrogens with zero attached hydrogens (tertiary/aromatic N) is 2. The van der Waals surface area contributed by atoms with Gasteiger partial charge < -0.3 is 20.9 Å². The molecule has 0 radical (unpaired) electrons. The third kappa shape index (κ3) is 2.67. The molecule has 3 aliphatic heterocycles. The molecular weight excluding hydrogens is 379 g/mol. The van der Waals surface area contributed by atoms with E-state index in [-0.39, 0.29) is 5.75 Å². The third-order valence-electron chi connectivity index (χ3n) is 5.35. The molecule has 1 spiro atoms. The lowest BCUT2D eigenvalue weighted by Crippen LogP contribution is -2.36. The fourth-order valence-electron chi connectivity index (χ4n) is 4.01. The number of amidine groups is 1. The molecular formula is C20H19FN4O2S. The van der Waals surface area contributed by atoms with Crippen LogP contribution >= 0.6 is 11.8 Å². The first-order valence-electron chi connectivity index (χ1n) is 9.11. The predicted octanol–water partition coefficient (Wildman–Crippen LogP) is 3.41. The van der Waals surface area contributed by atoms with Crippen molar-refractivity contribution in [1.29, 1.82) is 0 Å². The molecule has 28 heavy (non-hydrogen) atoms. The zero-order valence-corrected chi connectivity index (χ0v) is 15.9. The lowest BCUT2D eigenvalue weighted by atomic mass is 9.78. The minimum absolute atomic E-state index is 0.108. The van der Waals surface area contributed by atoms with E-state index in [0.29, 0.717) is 53.9 Å². The number of benzene rings is 1. The number of aromatic nitrogens is 1. The second kappa shape index (κ2) is 6.49. The van der Waals surface area contributed by atoms with Crippen molar-refractivity contribution >= 4 is 28.2 Å². The van der Waals surface area contributed by atoms with Crippen LogP contribution in [0.4, 0.5) is 10.1 Å². The Hall–Kier alpha value is -2.58. The minimum atomic E-state index is -0.835. The average molecular weight is 398 g/mol. The lowest BCUT2D eigenvalue weighted by molar-refractivity contribution is 0.161. The highest BCUT2D eigenvalue weighted by molar-refractivity contribution is 8.13. The smallest absolute Gasteiger partial charge is 0.256 e. The summed E-state index contributed by atoms with van der Waals surface area (Å²) in [5, 5.41) is 0.469. The number of aliphatic imine (C=N–C) groups is 1. The van der Waals surface area contributed by atoms with Crippen molar-refractivity contribution < 1.29 is 13.9 Å². The van der Waals surface area contributed by atoms with Gasteiger partial charge >= 0.3 is 0 Å². The molecule has 0 saturated heterocycles. The van der Waals surface area contributed by atoms with Crippen molar-refractivity contribution in [2.45, 2.75) is 18.4 Å². The number of anilines is 1. The van der Waals surface area contributed by atoms with E-state index in [2.05, 4.69) is 4.98 Å². The van der Waals surface area contributed by atoms with Gasteiger partial charge in [0.15, 0.2) is 10.9 Å². The summed E-state index contributed by atoms with van der Waals surface area (Å²) < 4.78 is 26.4. The summed E-state index contributed by atoms with van der Waals surface area (Å²) in [5.74, 6) is 0.758. The summed E-state index contributed by atoms with van der Waals surface area (Å²) in [6.07, 6.45) is 3.29. The van der Waals surface area contributed by atoms with Crippen LogP contribution in [0.5, 0.6) is 11.5 Å². The number of fused-ring (bicyclic) bond motifs is 4. The van der Waals surface area contributed by atoms with Gasteiger partial charge in [-0.1, -0.05) is 17.8 Å². The van der Waals surface area contributed by atoms with Crippen LogP contribution in [0, 0.1) is 5.95 Å². The van der Waals surface area contributed by atoms with Crippen LogP contribution in [0.15, 0.2) is 35.3 Å². The standard InChI is InChI=1S/C20H19FN4O2S/c21-18-17-14(10-15(24-18)11-3-6-26-7-4-11)20(5-8-28-19(23)25-20)13-9-12(22)1-2-16(13)27-17/h1-3,9-10H,4-8,22H2,(H2,23,25). The molecule has 3 aliphatic rings. The van der Waals surface area contributed by atoms with Gasteiger partial charge in [0.05, 0.1) is 18.9 Å². The van der Waals surface area contributed by atoms with E-state index in [4.69, 9.17) is 25.9 Å². The Morgan fingerprint density at radius 1 is 1.18 bits per heavy atom. The summed E-state index contributed by atoms with van der Waals surface area (Å²) >= 11 is 1.49. The number of hydrogen-bond acceptors (Lipinski definition) is 7. The molecule has 1 aromatic carbocycles. The van der Waals surface area contributed by atoms with Crippen LogP contribution in [0.1, 0.15) is 29.7 Å². The maximum atomic E-state index is 15.1. The van der Waals surface area contributed by atoms with Crippen LogP contribution in [-0.2, 0) is 10.3 Å². The number of halogens is 1. The monoisotopic (exact) mass is 398 g/mol. The SMILES string of the molecule is NC1=NC2(CCS1)c1cc(N)ccc1Oc1c2cc(C2=CCOCC2)nc1F. The molecule has 0 saturated carbocycles. The van der Waals surface area contributed by atoms with Gasteiger partial charge in [0.1, 0.15) is 11.3 Å². The summed E-state index contributed by atoms with van der Waals surface area (Å²) in [7, 11) is 0. The average Bonchev–Trinajstić information content (AvgIpc) is 2.70. The number of nitrogens with two attached hydrogens (primary N) is 2. The topological polar surface area (TPSA) is 95.8 Å². The van der Waals surface area contributed by atoms with Crippen LogP contribution in [0.3, 0.4) is 0 Å². The number of pyridine rings is 1. The molecule has 4 N–H and O–H groups in total. The number of thioether (sulfide) groups is 1. The van der Waals surface area contributed by atoms with Gasteiger partial charge in [-0.05, 0) is 42.7 Å². The van der Waals surface area contributed by atoms with E-state index in [1.165, 1.54) is 11.8 Å². The second-order valence-corrected chi connectivity index (χ2v) is 8.11. The maximum Gasteiger partial charge on any atom is 0.256 e. The number of nitrogen functional groups attached to an aromatic ring is 1. The van der Waals surface area contributed by atoms with E-state index in [1.54, 1.807) is 12.1 Å². The molecule has 0 aliphatic carbocycles. The number of ether oxygens (including phenoxy) is 2. The summed E-state index contributed by atoms with van der Waals surface area (Å²) in [4.78, 5) is 8.98. The Labute approximate surface area is 165 Å². The van der Waals surface area contributed by atoms with Gasteiger partial charge in [-0.15, -0.1) is 0 Å². The van der Waals surface area contributed by atoms with E-state index < -0.39 is 11.5 Å². The zero-order chi connectivity index (χ0) is 19.3. The quantitative estimate of drug-likeness (QED) is 0.565. The molecule has 1 aromatic heterocycles. The normalized spacial score (nSPS) is 23.3. The molecule has 144 valence electrons. The predicted molar refractivity (Wildman–Crippen MR) is 108 cm³/mol. The second-order valence-electron chi connectivity index (χ2n) is 7.00. The molecule has 1 atom stereocenters. The molecule has 0 fully saturated rings. The number of rotatable bonds is 1. The molecule has 0 amide bonds. The van der Waals surface area contributed by atoms with Gasteiger partial charge in [0, 0.05) is 22.6 Å². The number of hydrogen-bond donors (Lipinski definition) is 2. The summed E-state index contributed by atoms with van der Waals surface area (Å²) in [5.41, 5.74) is 14.9. The maximum absolute atomic E-state index is 15.1. The molecule has 6 nitrogen and oxygen atoms in total. The first kappa shape index (κ1) is 17.5. The first-order chi connectivity index (χ1) is 13.6. The fourth-order valence-corrected chi connectivity index (χ4v) is 4.84. The highest BCUT2D eigenvalue weighted by Crippen LogP contribution is 2.54. The minimum Gasteiger partial charge on any atom is -0.452 e. The Kier molecular flexibility index (Phi) is 4.06. The van der Waals surface area contributed by atoms with Crippen LogP contribution in [0.25, 0.3) is 5.57 Å². The summed E-state index contributed by atoms with van der Waals surface area (Å²) in [6, 6.07) is 7.21. The first-order valence-corrected chi connectivity index (χ1v) is 10.1. The van der Waals surface area contributed by atoms with E-state index in [0.717, 1.165) is 16.9 Å². The zero-order valence-electron chi connectivity index (χ0n) is 15.1. The van der Waals surface area contributed by atoms with Gasteiger partial charge in [0.25, 0.3) is 5.95 Å². The van der Waals surface area contributed by atoms with E-state index in [1.807, 2.05) is 18.2 Å². The van der Waals surface area contributed by atoms with Gasteiger partial charge in [-0.2, -0.15) is 4.39 Å². The van der Waals surface area contributed by atoms with E-state index in [9.17, 15) is 0 Å². The largest absolute Gasteiger partial charge is 0.452 e. The fraction of sp³-hybridized carbons (Fsp3) is 0.300. The Bertz CT molecular complexity index is 1040. The van der Waals surface area contributed by atoms with Crippen molar-refractivity contribution in [2.24, 2.45) is 10.7 Å². The van der Waals surface area contributed by atoms with E-state index >= 15 is 4.39 Å². The third-order valence-corrected chi connectivity index (χ3v) is 6.14. The van der Waals surface area contributed by atoms with Crippen molar-refractivity contribution in [2.75, 3.05) is 24.7 Å². The van der Waals surface area contributed by atoms with Crippen LogP contribution < -0.4 is 16.2 Å². The molecule has 4 heterocycles. The van der Waals surface area contributed by atoms with Gasteiger partial charge in [0.2, 0.25) is 0 Å². The van der Waals surface area contributed by atoms with Crippen molar-refractivity contribution in [3.05, 3.63) is 53.1 Å². The van der Waals surface area contributed by atoms with Gasteiger partial charge in [-0.25, -0.2) is 9.98 Å². The molecule has 0 bridgehead atoms. The summed E-state index contributed by atoms with van der Waals surface area (Å²) in [6.45, 7) is 1.09. The van der Waals surface area contributed by atoms with Crippen LogP contribution in [-0.4, -0.2) is 29.1 Å². The Morgan fingerprint density at radius 3 is 2.86 bits per heavy atom. The molecule has 8 heteroatoms. The lowest BCUT2D eigenvalue weighted by Gasteiger charge is -2.39. The molecule has 5 rings (SSSR count). The van der Waals surface area contributed by atoms with Gasteiger partial charge in [-0.3, -0.25) is 0 Å². The molecule has 2 aromatic rings. The Balaban J connectivity index is 1.77. The van der Waals surface area contributed by atoms with Crippen molar-refractivity contribution in [1.82, 2.24) is 4.98 Å². The van der Waals surface area contributed by atoms with Crippen LogP contribution in [0.2, 0.25) is 0 Å². The highest BCUT2D eigenvalue weighted by atomic mass is 32.2. The molecule has 1 unspecified atom stereocenters.